The van der Waals surface area contributed by atoms with E-state index < -0.39 is 11.4 Å². The van der Waals surface area contributed by atoms with Gasteiger partial charge in [-0.05, 0) is 46.6 Å². The van der Waals surface area contributed by atoms with E-state index in [1.807, 2.05) is 12.1 Å². The van der Waals surface area contributed by atoms with Crippen molar-refractivity contribution in [2.24, 2.45) is 11.3 Å². The summed E-state index contributed by atoms with van der Waals surface area (Å²) in [5.74, 6) is 0.703. The van der Waals surface area contributed by atoms with Crippen molar-refractivity contribution in [1.82, 2.24) is 5.32 Å². The lowest BCUT2D eigenvalue weighted by molar-refractivity contribution is -0.137. The number of carbonyl (C=O) groups is 2. The van der Waals surface area contributed by atoms with E-state index in [0.29, 0.717) is 18.7 Å². The van der Waals surface area contributed by atoms with Gasteiger partial charge in [-0.25, -0.2) is 4.79 Å². The molecule has 4 atom stereocenters. The summed E-state index contributed by atoms with van der Waals surface area (Å²) in [5.41, 5.74) is 3.07. The Kier molecular flexibility index (Phi) is 5.95. The Labute approximate surface area is 191 Å². The lowest BCUT2D eigenvalue weighted by Crippen LogP contribution is -2.48. The molecule has 1 aromatic rings. The van der Waals surface area contributed by atoms with Gasteiger partial charge < -0.3 is 14.8 Å². The van der Waals surface area contributed by atoms with Crippen LogP contribution in [0, 0.1) is 18.3 Å². The highest BCUT2D eigenvalue weighted by Crippen LogP contribution is 2.59. The molecule has 172 valence electrons. The average Bonchev–Trinajstić information content (AvgIpc) is 2.99. The third-order valence-electron chi connectivity index (χ3n) is 7.79. The van der Waals surface area contributed by atoms with E-state index >= 15 is 0 Å². The Balaban J connectivity index is 1.84. The number of hydrogen-bond donors (Lipinski definition) is 1. The van der Waals surface area contributed by atoms with Crippen molar-refractivity contribution in [1.29, 1.82) is 0 Å². The molecule has 1 N–H and O–H groups in total. The Morgan fingerprint density at radius 2 is 2.06 bits per heavy atom. The molecule has 3 aliphatic rings. The Bertz CT molecular complexity index is 993. The SMILES string of the molecule is CCOC(=O)/C=C1\N[C@@]2(C)CCCC[C@H]2[C@@]12C=C(C)[C@H](c1cc(C)ccc1OC)CC2=O. The first-order valence-corrected chi connectivity index (χ1v) is 11.8. The standard InChI is InChI=1S/C27H35NO4/c1-6-32-25(30)15-23-27(22-9-7-8-12-26(22,4)28-23)16-18(3)19(14-24(27)29)20-13-17(2)10-11-21(20)31-5/h10-11,13,15-16,19,22,28H,6-9,12,14H2,1-5H3/b23-15-/t19-,22-,26+,27+/m1/s1. The summed E-state index contributed by atoms with van der Waals surface area (Å²) >= 11 is 0. The van der Waals surface area contributed by atoms with Gasteiger partial charge in [0.25, 0.3) is 0 Å². The van der Waals surface area contributed by atoms with E-state index in [9.17, 15) is 9.59 Å². The summed E-state index contributed by atoms with van der Waals surface area (Å²) in [5, 5.41) is 3.63. The molecule has 1 aromatic carbocycles. The molecule has 4 rings (SSSR count). The van der Waals surface area contributed by atoms with Gasteiger partial charge in [-0.2, -0.15) is 0 Å². The number of methoxy groups -OCH3 is 1. The normalized spacial score (nSPS) is 33.0. The lowest BCUT2D eigenvalue weighted by Gasteiger charge is -2.43. The zero-order valence-corrected chi connectivity index (χ0v) is 19.9. The van der Waals surface area contributed by atoms with Gasteiger partial charge in [0, 0.05) is 41.1 Å². The van der Waals surface area contributed by atoms with Crippen molar-refractivity contribution in [3.8, 4) is 5.75 Å². The highest BCUT2D eigenvalue weighted by atomic mass is 16.5. The Morgan fingerprint density at radius 3 is 2.78 bits per heavy atom. The molecule has 2 fully saturated rings. The first-order chi connectivity index (χ1) is 15.2. The predicted molar refractivity (Wildman–Crippen MR) is 125 cm³/mol. The molecule has 2 aliphatic carbocycles. The van der Waals surface area contributed by atoms with Crippen LogP contribution in [-0.2, 0) is 14.3 Å². The summed E-state index contributed by atoms with van der Waals surface area (Å²) in [7, 11) is 1.67. The fourth-order valence-corrected chi connectivity index (χ4v) is 6.33. The first-order valence-electron chi connectivity index (χ1n) is 11.8. The largest absolute Gasteiger partial charge is 0.496 e. The number of esters is 1. The molecular weight excluding hydrogens is 402 g/mol. The molecule has 0 aromatic heterocycles. The van der Waals surface area contributed by atoms with Gasteiger partial charge in [-0.3, -0.25) is 4.79 Å². The maximum absolute atomic E-state index is 14.1. The monoisotopic (exact) mass is 437 g/mol. The van der Waals surface area contributed by atoms with E-state index in [0.717, 1.165) is 48.1 Å². The quantitative estimate of drug-likeness (QED) is 0.408. The molecule has 0 amide bonds. The molecule has 5 heteroatoms. The lowest BCUT2D eigenvalue weighted by atomic mass is 9.57. The fourth-order valence-electron chi connectivity index (χ4n) is 6.33. The number of ketones is 1. The van der Waals surface area contributed by atoms with Gasteiger partial charge in [0.1, 0.15) is 11.5 Å². The number of rotatable bonds is 4. The minimum Gasteiger partial charge on any atom is -0.496 e. The summed E-state index contributed by atoms with van der Waals surface area (Å²) in [6.45, 7) is 8.49. The topological polar surface area (TPSA) is 64.6 Å². The number of fused-ring (bicyclic) bond motifs is 2. The van der Waals surface area contributed by atoms with Gasteiger partial charge in [-0.15, -0.1) is 0 Å². The van der Waals surface area contributed by atoms with Crippen LogP contribution in [0.2, 0.25) is 0 Å². The molecule has 0 unspecified atom stereocenters. The van der Waals surface area contributed by atoms with Crippen molar-refractivity contribution < 1.29 is 19.1 Å². The minimum absolute atomic E-state index is 0.0257. The fraction of sp³-hybridized carbons (Fsp3) is 0.556. The van der Waals surface area contributed by atoms with Crippen molar-refractivity contribution in [3.05, 3.63) is 52.7 Å². The van der Waals surface area contributed by atoms with Gasteiger partial charge in [0.15, 0.2) is 0 Å². The second kappa shape index (κ2) is 8.42. The van der Waals surface area contributed by atoms with Gasteiger partial charge in [0.05, 0.1) is 19.1 Å². The summed E-state index contributed by atoms with van der Waals surface area (Å²) in [6.07, 6.45) is 8.28. The maximum atomic E-state index is 14.1. The molecule has 1 heterocycles. The van der Waals surface area contributed by atoms with Crippen LogP contribution < -0.4 is 10.1 Å². The summed E-state index contributed by atoms with van der Waals surface area (Å²) in [4.78, 5) is 26.5. The van der Waals surface area contributed by atoms with Crippen LogP contribution in [0.5, 0.6) is 5.75 Å². The second-order valence-corrected chi connectivity index (χ2v) is 9.83. The van der Waals surface area contributed by atoms with Crippen LogP contribution in [0.1, 0.15) is 69.9 Å². The van der Waals surface area contributed by atoms with Crippen LogP contribution >= 0.6 is 0 Å². The molecule has 0 radical (unpaired) electrons. The van der Waals surface area contributed by atoms with E-state index in [1.54, 1.807) is 14.0 Å². The van der Waals surface area contributed by atoms with Gasteiger partial charge in [-0.1, -0.05) is 42.2 Å². The van der Waals surface area contributed by atoms with Crippen LogP contribution in [0.25, 0.3) is 0 Å². The Hall–Kier alpha value is -2.56. The minimum atomic E-state index is -0.792. The number of Topliss-reactive ketones (excluding diaryl/α,β-unsaturated/α-hetero) is 1. The molecule has 32 heavy (non-hydrogen) atoms. The van der Waals surface area contributed by atoms with E-state index in [1.165, 1.54) is 6.08 Å². The van der Waals surface area contributed by atoms with Crippen molar-refractivity contribution in [2.45, 2.75) is 71.3 Å². The maximum Gasteiger partial charge on any atom is 0.332 e. The number of allylic oxidation sites excluding steroid dienone is 2. The number of benzene rings is 1. The Morgan fingerprint density at radius 1 is 1.28 bits per heavy atom. The smallest absolute Gasteiger partial charge is 0.332 e. The molecule has 1 saturated heterocycles. The van der Waals surface area contributed by atoms with Crippen molar-refractivity contribution in [3.63, 3.8) is 0 Å². The highest BCUT2D eigenvalue weighted by Gasteiger charge is 2.62. The zero-order chi connectivity index (χ0) is 23.1. The molecule has 1 spiro atoms. The van der Waals surface area contributed by atoms with Crippen LogP contribution in [0.15, 0.2) is 41.6 Å². The van der Waals surface area contributed by atoms with Crippen LogP contribution in [0.4, 0.5) is 0 Å². The zero-order valence-electron chi connectivity index (χ0n) is 19.9. The highest BCUT2D eigenvalue weighted by molar-refractivity contribution is 5.96. The van der Waals surface area contributed by atoms with E-state index in [4.69, 9.17) is 9.47 Å². The number of aryl methyl sites for hydroxylation is 1. The first kappa shape index (κ1) is 22.6. The number of carbonyl (C=O) groups excluding carboxylic acids is 2. The van der Waals surface area contributed by atoms with E-state index in [2.05, 4.69) is 38.2 Å². The van der Waals surface area contributed by atoms with Crippen LogP contribution in [0.3, 0.4) is 0 Å². The average molecular weight is 438 g/mol. The van der Waals surface area contributed by atoms with Crippen LogP contribution in [-0.4, -0.2) is 31.0 Å². The van der Waals surface area contributed by atoms with Crippen molar-refractivity contribution >= 4 is 11.8 Å². The van der Waals surface area contributed by atoms with Gasteiger partial charge >= 0.3 is 5.97 Å². The molecule has 1 saturated carbocycles. The predicted octanol–water partition coefficient (Wildman–Crippen LogP) is 4.99. The second-order valence-electron chi connectivity index (χ2n) is 9.83. The molecular formula is C27H35NO4. The summed E-state index contributed by atoms with van der Waals surface area (Å²) in [6, 6.07) is 6.13. The van der Waals surface area contributed by atoms with Gasteiger partial charge in [0.2, 0.25) is 0 Å². The summed E-state index contributed by atoms with van der Waals surface area (Å²) < 4.78 is 10.8. The van der Waals surface area contributed by atoms with Crippen molar-refractivity contribution in [2.75, 3.05) is 13.7 Å². The number of hydrogen-bond acceptors (Lipinski definition) is 5. The van der Waals surface area contributed by atoms with E-state index in [-0.39, 0.29) is 23.2 Å². The number of nitrogens with one attached hydrogen (secondary N) is 1. The molecule has 0 bridgehead atoms. The third-order valence-corrected chi connectivity index (χ3v) is 7.79. The molecule has 5 nitrogen and oxygen atoms in total. The number of ether oxygens (including phenoxy) is 2. The third kappa shape index (κ3) is 3.56. The molecule has 1 aliphatic heterocycles.